The smallest absolute Gasteiger partial charge is 0.173 e. The number of carbonyl (C=O) groups is 1. The van der Waals surface area contributed by atoms with Crippen molar-refractivity contribution in [2.24, 2.45) is 0 Å². The molecule has 118 valence electrons. The number of H-pyrrole nitrogens is 1. The van der Waals surface area contributed by atoms with Gasteiger partial charge in [-0.2, -0.15) is 0 Å². The molecule has 0 saturated heterocycles. The Balaban J connectivity index is 1.73. The highest BCUT2D eigenvalue weighted by atomic mass is 32.2. The molecule has 0 saturated carbocycles. The van der Waals surface area contributed by atoms with E-state index in [1.807, 2.05) is 50.2 Å². The second-order valence-corrected chi connectivity index (χ2v) is 6.42. The number of aromatic nitrogens is 2. The predicted octanol–water partition coefficient (Wildman–Crippen LogP) is 4.16. The van der Waals surface area contributed by atoms with E-state index in [2.05, 4.69) is 9.97 Å². The van der Waals surface area contributed by atoms with Crippen LogP contribution in [-0.4, -0.2) is 28.6 Å². The van der Waals surface area contributed by atoms with Gasteiger partial charge in [0.05, 0.1) is 23.9 Å². The van der Waals surface area contributed by atoms with Crippen LogP contribution in [0.2, 0.25) is 0 Å². The Bertz CT molecular complexity index is 871. The number of Topliss-reactive ketones (excluding diaryl/α,β-unsaturated/α-hetero) is 1. The number of aromatic amines is 1. The van der Waals surface area contributed by atoms with Gasteiger partial charge < -0.3 is 9.72 Å². The maximum Gasteiger partial charge on any atom is 0.173 e. The second-order valence-electron chi connectivity index (χ2n) is 5.46. The molecular formula is C18H18N2O2S. The Hall–Kier alpha value is -2.27. The molecule has 1 heterocycles. The number of fused-ring (bicyclic) bond motifs is 1. The number of hydrogen-bond acceptors (Lipinski definition) is 4. The number of nitrogens with zero attached hydrogens (tertiary/aromatic N) is 1. The quantitative estimate of drug-likeness (QED) is 0.565. The zero-order chi connectivity index (χ0) is 16.4. The lowest BCUT2D eigenvalue weighted by Crippen LogP contribution is -2.05. The molecule has 0 bridgehead atoms. The van der Waals surface area contributed by atoms with Crippen molar-refractivity contribution in [3.05, 3.63) is 53.1 Å². The molecule has 0 aliphatic heterocycles. The Morgan fingerprint density at radius 2 is 2.04 bits per heavy atom. The van der Waals surface area contributed by atoms with Crippen LogP contribution in [0.5, 0.6) is 5.75 Å². The average molecular weight is 326 g/mol. The summed E-state index contributed by atoms with van der Waals surface area (Å²) in [6.45, 7) is 4.00. The van der Waals surface area contributed by atoms with Crippen LogP contribution in [0.1, 0.15) is 21.5 Å². The van der Waals surface area contributed by atoms with Gasteiger partial charge in [0.15, 0.2) is 10.9 Å². The molecule has 3 rings (SSSR count). The average Bonchev–Trinajstić information content (AvgIpc) is 2.94. The fraction of sp³-hybridized carbons (Fsp3) is 0.222. The van der Waals surface area contributed by atoms with Crippen LogP contribution >= 0.6 is 11.8 Å². The van der Waals surface area contributed by atoms with Crippen molar-refractivity contribution >= 4 is 28.6 Å². The number of carbonyl (C=O) groups excluding carboxylic acids is 1. The number of nitrogens with one attached hydrogen (secondary N) is 1. The van der Waals surface area contributed by atoms with E-state index in [0.717, 1.165) is 38.6 Å². The molecule has 4 nitrogen and oxygen atoms in total. The van der Waals surface area contributed by atoms with Crippen molar-refractivity contribution in [1.29, 1.82) is 0 Å². The van der Waals surface area contributed by atoms with Crippen LogP contribution < -0.4 is 4.74 Å². The van der Waals surface area contributed by atoms with E-state index in [0.29, 0.717) is 5.75 Å². The number of ketones is 1. The lowest BCUT2D eigenvalue weighted by Gasteiger charge is -2.05. The predicted molar refractivity (Wildman–Crippen MR) is 93.6 cm³/mol. The molecular weight excluding hydrogens is 308 g/mol. The molecule has 1 aromatic heterocycles. The lowest BCUT2D eigenvalue weighted by molar-refractivity contribution is 0.102. The maximum atomic E-state index is 12.4. The number of thioether (sulfide) groups is 1. The molecule has 0 atom stereocenters. The molecule has 2 aromatic carbocycles. The standard InChI is InChI=1S/C18H18N2O2S/c1-11-4-6-14(12(2)8-11)17(21)10-23-18-19-15-7-5-13(22-3)9-16(15)20-18/h4-9H,10H2,1-3H3,(H,19,20). The van der Waals surface area contributed by atoms with Gasteiger partial charge >= 0.3 is 0 Å². The van der Waals surface area contributed by atoms with E-state index < -0.39 is 0 Å². The van der Waals surface area contributed by atoms with Crippen molar-refractivity contribution in [3.63, 3.8) is 0 Å². The first-order chi connectivity index (χ1) is 11.1. The molecule has 1 N–H and O–H groups in total. The van der Waals surface area contributed by atoms with E-state index in [-0.39, 0.29) is 5.78 Å². The number of aryl methyl sites for hydroxylation is 2. The highest BCUT2D eigenvalue weighted by molar-refractivity contribution is 7.99. The van der Waals surface area contributed by atoms with Crippen molar-refractivity contribution in [3.8, 4) is 5.75 Å². The monoisotopic (exact) mass is 326 g/mol. The van der Waals surface area contributed by atoms with Crippen LogP contribution in [0.3, 0.4) is 0 Å². The summed E-state index contributed by atoms with van der Waals surface area (Å²) in [7, 11) is 1.63. The van der Waals surface area contributed by atoms with Crippen LogP contribution in [0.25, 0.3) is 11.0 Å². The van der Waals surface area contributed by atoms with Gasteiger partial charge in [-0.3, -0.25) is 4.79 Å². The lowest BCUT2D eigenvalue weighted by atomic mass is 10.0. The van der Waals surface area contributed by atoms with Gasteiger partial charge in [-0.05, 0) is 31.5 Å². The summed E-state index contributed by atoms with van der Waals surface area (Å²) in [5, 5.41) is 0.742. The van der Waals surface area contributed by atoms with Crippen molar-refractivity contribution in [2.75, 3.05) is 12.9 Å². The summed E-state index contributed by atoms with van der Waals surface area (Å²) in [5.41, 5.74) is 4.74. The summed E-state index contributed by atoms with van der Waals surface area (Å²) >= 11 is 1.42. The summed E-state index contributed by atoms with van der Waals surface area (Å²) < 4.78 is 5.20. The molecule has 0 radical (unpaired) electrons. The van der Waals surface area contributed by atoms with E-state index >= 15 is 0 Å². The van der Waals surface area contributed by atoms with Gasteiger partial charge in [0.2, 0.25) is 0 Å². The zero-order valence-electron chi connectivity index (χ0n) is 13.3. The first-order valence-corrected chi connectivity index (χ1v) is 8.32. The van der Waals surface area contributed by atoms with Gasteiger partial charge in [0.25, 0.3) is 0 Å². The largest absolute Gasteiger partial charge is 0.497 e. The molecule has 5 heteroatoms. The first kappa shape index (κ1) is 15.6. The molecule has 0 aliphatic carbocycles. The van der Waals surface area contributed by atoms with Gasteiger partial charge in [-0.1, -0.05) is 35.5 Å². The third-order valence-electron chi connectivity index (χ3n) is 3.69. The van der Waals surface area contributed by atoms with Gasteiger partial charge in [0, 0.05) is 11.6 Å². The topological polar surface area (TPSA) is 55.0 Å². The molecule has 3 aromatic rings. The highest BCUT2D eigenvalue weighted by Gasteiger charge is 2.12. The van der Waals surface area contributed by atoms with Gasteiger partial charge in [-0.25, -0.2) is 4.98 Å². The fourth-order valence-electron chi connectivity index (χ4n) is 2.50. The Morgan fingerprint density at radius 1 is 1.22 bits per heavy atom. The fourth-order valence-corrected chi connectivity index (χ4v) is 3.27. The summed E-state index contributed by atoms with van der Waals surface area (Å²) in [6, 6.07) is 11.6. The summed E-state index contributed by atoms with van der Waals surface area (Å²) in [6.07, 6.45) is 0. The van der Waals surface area contributed by atoms with Crippen molar-refractivity contribution in [2.45, 2.75) is 19.0 Å². The van der Waals surface area contributed by atoms with Gasteiger partial charge in [0.1, 0.15) is 5.75 Å². The second kappa shape index (κ2) is 6.46. The SMILES string of the molecule is COc1ccc2nc(SCC(=O)c3ccc(C)cc3C)[nH]c2c1. The number of methoxy groups -OCH3 is 1. The molecule has 0 fully saturated rings. The van der Waals surface area contributed by atoms with Crippen LogP contribution in [0.15, 0.2) is 41.6 Å². The van der Waals surface area contributed by atoms with E-state index in [1.165, 1.54) is 11.8 Å². The minimum atomic E-state index is 0.116. The third kappa shape index (κ3) is 3.40. The van der Waals surface area contributed by atoms with E-state index in [1.54, 1.807) is 7.11 Å². The van der Waals surface area contributed by atoms with Crippen LogP contribution in [0.4, 0.5) is 0 Å². The number of ether oxygens (including phenoxy) is 1. The van der Waals surface area contributed by atoms with Gasteiger partial charge in [-0.15, -0.1) is 0 Å². The minimum Gasteiger partial charge on any atom is -0.497 e. The normalized spacial score (nSPS) is 10.9. The zero-order valence-corrected chi connectivity index (χ0v) is 14.2. The summed E-state index contributed by atoms with van der Waals surface area (Å²) in [4.78, 5) is 20.1. The molecule has 0 amide bonds. The minimum absolute atomic E-state index is 0.116. The number of benzene rings is 2. The Morgan fingerprint density at radius 3 is 2.78 bits per heavy atom. The summed E-state index contributed by atoms with van der Waals surface area (Å²) in [5.74, 6) is 1.26. The maximum absolute atomic E-state index is 12.4. The first-order valence-electron chi connectivity index (χ1n) is 7.34. The molecule has 0 aliphatic rings. The van der Waals surface area contributed by atoms with Crippen LogP contribution in [0, 0.1) is 13.8 Å². The molecule has 0 spiro atoms. The number of imidazole rings is 1. The number of hydrogen-bond donors (Lipinski definition) is 1. The highest BCUT2D eigenvalue weighted by Crippen LogP contribution is 2.24. The van der Waals surface area contributed by atoms with Crippen molar-refractivity contribution in [1.82, 2.24) is 9.97 Å². The van der Waals surface area contributed by atoms with Crippen molar-refractivity contribution < 1.29 is 9.53 Å². The number of rotatable bonds is 5. The van der Waals surface area contributed by atoms with E-state index in [4.69, 9.17) is 4.74 Å². The molecule has 0 unspecified atom stereocenters. The van der Waals surface area contributed by atoms with Crippen LogP contribution in [-0.2, 0) is 0 Å². The Kier molecular flexibility index (Phi) is 4.39. The third-order valence-corrected chi connectivity index (χ3v) is 4.56. The molecule has 23 heavy (non-hydrogen) atoms. The Labute approximate surface area is 139 Å². The van der Waals surface area contributed by atoms with E-state index in [9.17, 15) is 4.79 Å².